The van der Waals surface area contributed by atoms with Crippen molar-refractivity contribution in [1.29, 1.82) is 0 Å². The number of nitrogens with zero attached hydrogens (tertiary/aromatic N) is 1. The molecule has 0 saturated carbocycles. The zero-order valence-electron chi connectivity index (χ0n) is 17.0. The maximum absolute atomic E-state index is 12.7. The van der Waals surface area contributed by atoms with Crippen LogP contribution in [0.15, 0.2) is 47.4 Å². The second kappa shape index (κ2) is 9.75. The van der Waals surface area contributed by atoms with E-state index in [0.29, 0.717) is 22.8 Å². The maximum atomic E-state index is 12.7. The van der Waals surface area contributed by atoms with Crippen molar-refractivity contribution < 1.29 is 14.4 Å². The summed E-state index contributed by atoms with van der Waals surface area (Å²) >= 11 is 7.34. The largest absolute Gasteiger partial charge is 0.352 e. The van der Waals surface area contributed by atoms with Gasteiger partial charge in [-0.25, -0.2) is 0 Å². The standard InChI is InChI=1S/C23H24ClN3O3S/c24-17-7-8-19-18(12-17)26-22(29)20(31-19)13-21(28)25-14-15-5-4-6-16(11-15)23(30)27-9-2-1-3-10-27/h4-8,11-12,20H,1-3,9-10,13-14H2,(H,25,28)(H,26,29). The molecule has 1 fully saturated rings. The molecule has 8 heteroatoms. The van der Waals surface area contributed by atoms with Crippen LogP contribution < -0.4 is 10.6 Å². The van der Waals surface area contributed by atoms with Crippen LogP contribution in [0.5, 0.6) is 0 Å². The van der Waals surface area contributed by atoms with Crippen LogP contribution in [-0.4, -0.2) is 41.0 Å². The number of likely N-dealkylation sites (tertiary alicyclic amines) is 1. The highest BCUT2D eigenvalue weighted by molar-refractivity contribution is 8.01. The molecular formula is C23H24ClN3O3S. The molecule has 1 saturated heterocycles. The van der Waals surface area contributed by atoms with Crippen LogP contribution >= 0.6 is 23.4 Å². The fourth-order valence-corrected chi connectivity index (χ4v) is 5.05. The summed E-state index contributed by atoms with van der Waals surface area (Å²) in [6.07, 6.45) is 3.34. The first kappa shape index (κ1) is 21.7. The minimum atomic E-state index is -0.499. The van der Waals surface area contributed by atoms with Gasteiger partial charge in [-0.1, -0.05) is 23.7 Å². The summed E-state index contributed by atoms with van der Waals surface area (Å²) in [7, 11) is 0. The van der Waals surface area contributed by atoms with Gasteiger partial charge >= 0.3 is 0 Å². The van der Waals surface area contributed by atoms with Crippen LogP contribution in [0.4, 0.5) is 5.69 Å². The van der Waals surface area contributed by atoms with Gasteiger partial charge in [-0.2, -0.15) is 0 Å². The first-order valence-electron chi connectivity index (χ1n) is 10.4. The summed E-state index contributed by atoms with van der Waals surface area (Å²) in [5.41, 5.74) is 2.18. The first-order valence-corrected chi connectivity index (χ1v) is 11.7. The summed E-state index contributed by atoms with van der Waals surface area (Å²) in [4.78, 5) is 40.3. The zero-order chi connectivity index (χ0) is 21.8. The fraction of sp³-hybridized carbons (Fsp3) is 0.348. The molecule has 4 rings (SSSR count). The van der Waals surface area contributed by atoms with Gasteiger partial charge < -0.3 is 15.5 Å². The molecule has 2 aromatic rings. The predicted octanol–water partition coefficient (Wildman–Crippen LogP) is 4.09. The Balaban J connectivity index is 1.32. The highest BCUT2D eigenvalue weighted by Crippen LogP contribution is 2.38. The van der Waals surface area contributed by atoms with Gasteiger partial charge in [-0.05, 0) is 55.2 Å². The molecule has 2 N–H and O–H groups in total. The molecule has 2 aromatic carbocycles. The number of piperidine rings is 1. The minimum absolute atomic E-state index is 0.0434. The molecular weight excluding hydrogens is 434 g/mol. The van der Waals surface area contributed by atoms with E-state index in [2.05, 4.69) is 10.6 Å². The number of anilines is 1. The summed E-state index contributed by atoms with van der Waals surface area (Å²) in [6, 6.07) is 12.7. The Bertz CT molecular complexity index is 1010. The maximum Gasteiger partial charge on any atom is 0.253 e. The molecule has 2 aliphatic rings. The molecule has 0 aliphatic carbocycles. The average Bonchev–Trinajstić information content (AvgIpc) is 2.78. The van der Waals surface area contributed by atoms with E-state index in [0.717, 1.165) is 36.4 Å². The number of fused-ring (bicyclic) bond motifs is 1. The van der Waals surface area contributed by atoms with Gasteiger partial charge in [0.15, 0.2) is 0 Å². The van der Waals surface area contributed by atoms with Crippen LogP contribution in [-0.2, 0) is 16.1 Å². The molecule has 3 amide bonds. The lowest BCUT2D eigenvalue weighted by Crippen LogP contribution is -2.36. The van der Waals surface area contributed by atoms with E-state index >= 15 is 0 Å². The normalized spacial score (nSPS) is 18.2. The monoisotopic (exact) mass is 457 g/mol. The van der Waals surface area contributed by atoms with Gasteiger partial charge in [0.1, 0.15) is 0 Å². The van der Waals surface area contributed by atoms with Gasteiger partial charge in [0.2, 0.25) is 11.8 Å². The van der Waals surface area contributed by atoms with Crippen molar-refractivity contribution >= 4 is 46.8 Å². The van der Waals surface area contributed by atoms with E-state index in [1.807, 2.05) is 35.2 Å². The van der Waals surface area contributed by atoms with Crippen molar-refractivity contribution in [2.24, 2.45) is 0 Å². The molecule has 0 radical (unpaired) electrons. The Morgan fingerprint density at radius 1 is 1.13 bits per heavy atom. The Morgan fingerprint density at radius 2 is 1.94 bits per heavy atom. The molecule has 2 heterocycles. The molecule has 1 atom stereocenters. The quantitative estimate of drug-likeness (QED) is 0.709. The number of nitrogens with one attached hydrogen (secondary N) is 2. The molecule has 6 nitrogen and oxygen atoms in total. The van der Waals surface area contributed by atoms with E-state index in [1.54, 1.807) is 12.1 Å². The van der Waals surface area contributed by atoms with E-state index in [-0.39, 0.29) is 24.1 Å². The van der Waals surface area contributed by atoms with Gasteiger partial charge in [0.25, 0.3) is 5.91 Å². The molecule has 0 aromatic heterocycles. The molecule has 0 spiro atoms. The van der Waals surface area contributed by atoms with E-state index in [4.69, 9.17) is 11.6 Å². The first-order chi connectivity index (χ1) is 15.0. The Labute approximate surface area is 190 Å². The number of rotatable bonds is 5. The summed E-state index contributed by atoms with van der Waals surface area (Å²) in [5.74, 6) is -0.371. The summed E-state index contributed by atoms with van der Waals surface area (Å²) < 4.78 is 0. The third-order valence-electron chi connectivity index (χ3n) is 5.44. The second-order valence-electron chi connectivity index (χ2n) is 7.77. The minimum Gasteiger partial charge on any atom is -0.352 e. The summed E-state index contributed by atoms with van der Waals surface area (Å²) in [6.45, 7) is 1.91. The lowest BCUT2D eigenvalue weighted by atomic mass is 10.1. The zero-order valence-corrected chi connectivity index (χ0v) is 18.6. The second-order valence-corrected chi connectivity index (χ2v) is 9.45. The number of halogens is 1. The third kappa shape index (κ3) is 5.40. The van der Waals surface area contributed by atoms with Crippen molar-refractivity contribution in [1.82, 2.24) is 10.2 Å². The SMILES string of the molecule is O=C(CC1Sc2ccc(Cl)cc2NC1=O)NCc1cccc(C(=O)N2CCCCC2)c1. The van der Waals surface area contributed by atoms with Crippen LogP contribution in [0.3, 0.4) is 0 Å². The molecule has 162 valence electrons. The van der Waals surface area contributed by atoms with E-state index < -0.39 is 5.25 Å². The van der Waals surface area contributed by atoms with E-state index in [1.165, 1.54) is 18.2 Å². The molecule has 2 aliphatic heterocycles. The number of hydrogen-bond donors (Lipinski definition) is 2. The number of carbonyl (C=O) groups is 3. The number of carbonyl (C=O) groups excluding carboxylic acids is 3. The van der Waals surface area contributed by atoms with Crippen LogP contribution in [0, 0.1) is 0 Å². The number of amides is 3. The lowest BCUT2D eigenvalue weighted by molar-refractivity contribution is -0.124. The fourth-order valence-electron chi connectivity index (χ4n) is 3.79. The summed E-state index contributed by atoms with van der Waals surface area (Å²) in [5, 5.41) is 5.74. The van der Waals surface area contributed by atoms with Crippen molar-refractivity contribution in [3.05, 3.63) is 58.6 Å². The Morgan fingerprint density at radius 3 is 2.74 bits per heavy atom. The number of thioether (sulfide) groups is 1. The average molecular weight is 458 g/mol. The molecule has 1 unspecified atom stereocenters. The van der Waals surface area contributed by atoms with Crippen molar-refractivity contribution in [2.75, 3.05) is 18.4 Å². The number of hydrogen-bond acceptors (Lipinski definition) is 4. The number of benzene rings is 2. The highest BCUT2D eigenvalue weighted by Gasteiger charge is 2.29. The molecule has 31 heavy (non-hydrogen) atoms. The molecule has 0 bridgehead atoms. The van der Waals surface area contributed by atoms with Crippen LogP contribution in [0.2, 0.25) is 5.02 Å². The van der Waals surface area contributed by atoms with Crippen molar-refractivity contribution in [3.8, 4) is 0 Å². The van der Waals surface area contributed by atoms with Crippen molar-refractivity contribution in [2.45, 2.75) is 42.4 Å². The predicted molar refractivity (Wildman–Crippen MR) is 122 cm³/mol. The Hall–Kier alpha value is -2.51. The highest BCUT2D eigenvalue weighted by atomic mass is 35.5. The smallest absolute Gasteiger partial charge is 0.253 e. The van der Waals surface area contributed by atoms with Gasteiger partial charge in [0, 0.05) is 41.5 Å². The van der Waals surface area contributed by atoms with Crippen LogP contribution in [0.25, 0.3) is 0 Å². The topological polar surface area (TPSA) is 78.5 Å². The van der Waals surface area contributed by atoms with E-state index in [9.17, 15) is 14.4 Å². The lowest BCUT2D eigenvalue weighted by Gasteiger charge is -2.26. The van der Waals surface area contributed by atoms with Crippen molar-refractivity contribution in [3.63, 3.8) is 0 Å². The van der Waals surface area contributed by atoms with Gasteiger partial charge in [-0.15, -0.1) is 11.8 Å². The van der Waals surface area contributed by atoms with Crippen LogP contribution in [0.1, 0.15) is 41.6 Å². The third-order valence-corrected chi connectivity index (χ3v) is 6.95. The van der Waals surface area contributed by atoms with Gasteiger partial charge in [-0.3, -0.25) is 14.4 Å². The Kier molecular flexibility index (Phi) is 6.83. The van der Waals surface area contributed by atoms with Gasteiger partial charge in [0.05, 0.1) is 10.9 Å².